The van der Waals surface area contributed by atoms with E-state index < -0.39 is 0 Å². The number of ether oxygens (including phenoxy) is 1. The Balaban J connectivity index is 2.07. The summed E-state index contributed by atoms with van der Waals surface area (Å²) in [5.74, 6) is 1.30. The minimum absolute atomic E-state index is 0.216. The van der Waals surface area contributed by atoms with E-state index >= 15 is 0 Å². The van der Waals surface area contributed by atoms with Crippen LogP contribution in [0.5, 0.6) is 0 Å². The zero-order chi connectivity index (χ0) is 13.4. The number of rotatable bonds is 1. The van der Waals surface area contributed by atoms with Crippen molar-refractivity contribution in [3.05, 3.63) is 10.9 Å². The zero-order valence-corrected chi connectivity index (χ0v) is 12.0. The first kappa shape index (κ1) is 12.6. The van der Waals surface area contributed by atoms with Crippen molar-refractivity contribution >= 4 is 33.3 Å². The molecule has 5 nitrogen and oxygen atoms in total. The molecule has 1 aliphatic rings. The topological polar surface area (TPSA) is 64.3 Å². The van der Waals surface area contributed by atoms with E-state index in [1.807, 2.05) is 0 Å². The molecule has 102 valence electrons. The summed E-state index contributed by atoms with van der Waals surface area (Å²) in [5, 5.41) is 1.10. The fourth-order valence-electron chi connectivity index (χ4n) is 2.47. The highest BCUT2D eigenvalue weighted by molar-refractivity contribution is 7.18. The third-order valence-electron chi connectivity index (χ3n) is 3.26. The lowest BCUT2D eigenvalue weighted by molar-refractivity contribution is 0.0820. The van der Waals surface area contributed by atoms with Crippen LogP contribution in [0.3, 0.4) is 0 Å². The Kier molecular flexibility index (Phi) is 3.28. The van der Waals surface area contributed by atoms with Crippen LogP contribution >= 0.6 is 11.3 Å². The molecule has 2 aromatic heterocycles. The van der Waals surface area contributed by atoms with E-state index in [1.54, 1.807) is 11.3 Å². The lowest BCUT2D eigenvalue weighted by Gasteiger charge is -2.23. The molecule has 0 spiro atoms. The number of nitrogens with zero attached hydrogens (tertiary/aromatic N) is 3. The number of aromatic nitrogens is 2. The van der Waals surface area contributed by atoms with Gasteiger partial charge in [0.25, 0.3) is 0 Å². The first-order valence-electron chi connectivity index (χ1n) is 6.53. The first-order valence-corrected chi connectivity index (χ1v) is 7.35. The van der Waals surface area contributed by atoms with E-state index in [-0.39, 0.29) is 6.10 Å². The summed E-state index contributed by atoms with van der Waals surface area (Å²) in [6.45, 7) is 6.79. The highest BCUT2D eigenvalue weighted by atomic mass is 32.1. The van der Waals surface area contributed by atoms with Crippen molar-refractivity contribution in [1.29, 1.82) is 0 Å². The molecule has 1 atom stereocenters. The van der Waals surface area contributed by atoms with Crippen LogP contribution in [0.4, 0.5) is 11.8 Å². The molecule has 6 heteroatoms. The first-order chi connectivity index (χ1) is 9.13. The molecular formula is C13H18N4OS. The van der Waals surface area contributed by atoms with Gasteiger partial charge in [-0.15, -0.1) is 11.3 Å². The molecule has 19 heavy (non-hydrogen) atoms. The molecule has 1 fully saturated rings. The maximum atomic E-state index is 5.84. The highest BCUT2D eigenvalue weighted by Gasteiger charge is 2.20. The predicted octanol–water partition coefficient (Wildman–Crippen LogP) is 2.20. The number of thiophene rings is 1. The molecule has 2 aromatic rings. The van der Waals surface area contributed by atoms with Crippen LogP contribution in [0.15, 0.2) is 6.07 Å². The summed E-state index contributed by atoms with van der Waals surface area (Å²) < 4.78 is 5.69. The lowest BCUT2D eigenvalue weighted by atomic mass is 10.3. The van der Waals surface area contributed by atoms with Gasteiger partial charge < -0.3 is 15.4 Å². The Hall–Kier alpha value is -1.40. The zero-order valence-electron chi connectivity index (χ0n) is 11.2. The number of hydrogen-bond donors (Lipinski definition) is 1. The number of fused-ring (bicyclic) bond motifs is 1. The normalized spacial score (nSPS) is 20.7. The van der Waals surface area contributed by atoms with E-state index in [9.17, 15) is 0 Å². The molecule has 0 bridgehead atoms. The molecule has 1 saturated heterocycles. The van der Waals surface area contributed by atoms with Crippen LogP contribution in [-0.2, 0) is 4.74 Å². The fourth-order valence-corrected chi connectivity index (χ4v) is 3.35. The molecular weight excluding hydrogens is 260 g/mol. The Morgan fingerprint density at radius 1 is 1.47 bits per heavy atom. The van der Waals surface area contributed by atoms with Crippen molar-refractivity contribution in [1.82, 2.24) is 9.97 Å². The van der Waals surface area contributed by atoms with Gasteiger partial charge in [0.1, 0.15) is 10.6 Å². The van der Waals surface area contributed by atoms with Gasteiger partial charge in [-0.2, -0.15) is 4.98 Å². The number of nitrogens with two attached hydrogens (primary N) is 1. The molecule has 3 rings (SSSR count). The Labute approximate surface area is 116 Å². The number of aryl methyl sites for hydroxylation is 1. The van der Waals surface area contributed by atoms with Crippen LogP contribution in [0, 0.1) is 6.92 Å². The van der Waals surface area contributed by atoms with Gasteiger partial charge in [0.15, 0.2) is 0 Å². The minimum atomic E-state index is 0.216. The van der Waals surface area contributed by atoms with Crippen LogP contribution in [-0.4, -0.2) is 35.8 Å². The van der Waals surface area contributed by atoms with Crippen LogP contribution in [0.25, 0.3) is 10.2 Å². The molecule has 0 saturated carbocycles. The molecule has 0 amide bonds. The van der Waals surface area contributed by atoms with E-state index in [4.69, 9.17) is 10.5 Å². The molecule has 0 aliphatic carbocycles. The van der Waals surface area contributed by atoms with Crippen molar-refractivity contribution in [3.8, 4) is 0 Å². The largest absolute Gasteiger partial charge is 0.377 e. The number of hydrogen-bond acceptors (Lipinski definition) is 6. The smallest absolute Gasteiger partial charge is 0.223 e. The summed E-state index contributed by atoms with van der Waals surface area (Å²) in [7, 11) is 0. The van der Waals surface area contributed by atoms with Gasteiger partial charge >= 0.3 is 0 Å². The van der Waals surface area contributed by atoms with Crippen LogP contribution < -0.4 is 10.6 Å². The van der Waals surface area contributed by atoms with Gasteiger partial charge in [0.05, 0.1) is 11.5 Å². The fraction of sp³-hybridized carbons (Fsp3) is 0.538. The van der Waals surface area contributed by atoms with E-state index in [0.717, 1.165) is 42.2 Å². The summed E-state index contributed by atoms with van der Waals surface area (Å²) in [6, 6.07) is 2.14. The van der Waals surface area contributed by atoms with E-state index in [1.165, 1.54) is 4.88 Å². The maximum Gasteiger partial charge on any atom is 0.223 e. The van der Waals surface area contributed by atoms with Crippen LogP contribution in [0.2, 0.25) is 0 Å². The van der Waals surface area contributed by atoms with Gasteiger partial charge in [0.2, 0.25) is 5.95 Å². The number of anilines is 2. The molecule has 3 heterocycles. The summed E-state index contributed by atoms with van der Waals surface area (Å²) in [4.78, 5) is 13.2. The van der Waals surface area contributed by atoms with Crippen molar-refractivity contribution in [2.75, 3.05) is 30.3 Å². The minimum Gasteiger partial charge on any atom is -0.377 e. The highest BCUT2D eigenvalue weighted by Crippen LogP contribution is 2.31. The second-order valence-electron chi connectivity index (χ2n) is 4.96. The van der Waals surface area contributed by atoms with Gasteiger partial charge in [-0.3, -0.25) is 0 Å². The van der Waals surface area contributed by atoms with Crippen molar-refractivity contribution < 1.29 is 4.74 Å². The predicted molar refractivity (Wildman–Crippen MR) is 78.8 cm³/mol. The molecule has 0 aromatic carbocycles. The quantitative estimate of drug-likeness (QED) is 0.866. The van der Waals surface area contributed by atoms with Crippen LogP contribution in [0.1, 0.15) is 18.2 Å². The summed E-state index contributed by atoms with van der Waals surface area (Å²) >= 11 is 1.66. The Bertz CT molecular complexity index is 598. The standard InChI is InChI=1S/C13H18N4OS/c1-8-7-17(4-3-5-18-8)11-10-6-9(2)19-12(10)16-13(14)15-11/h6,8H,3-5,7H2,1-2H3,(H2,14,15,16). The SMILES string of the molecule is Cc1cc2c(N3CCCOC(C)C3)nc(N)nc2s1. The Morgan fingerprint density at radius 2 is 2.32 bits per heavy atom. The maximum absolute atomic E-state index is 5.84. The summed E-state index contributed by atoms with van der Waals surface area (Å²) in [5.41, 5.74) is 5.84. The lowest BCUT2D eigenvalue weighted by Crippen LogP contribution is -2.31. The molecule has 2 N–H and O–H groups in total. The van der Waals surface area contributed by atoms with Crippen molar-refractivity contribution in [3.63, 3.8) is 0 Å². The molecule has 0 radical (unpaired) electrons. The van der Waals surface area contributed by atoms with Crippen molar-refractivity contribution in [2.45, 2.75) is 26.4 Å². The third-order valence-corrected chi connectivity index (χ3v) is 4.21. The Morgan fingerprint density at radius 3 is 3.16 bits per heavy atom. The van der Waals surface area contributed by atoms with Crippen molar-refractivity contribution in [2.24, 2.45) is 0 Å². The summed E-state index contributed by atoms with van der Waals surface area (Å²) in [6.07, 6.45) is 1.23. The number of nitrogen functional groups attached to an aromatic ring is 1. The average Bonchev–Trinajstić information content (AvgIpc) is 2.57. The van der Waals surface area contributed by atoms with E-state index in [2.05, 4.69) is 34.8 Å². The van der Waals surface area contributed by atoms with Gasteiger partial charge in [-0.05, 0) is 26.3 Å². The molecule has 1 aliphatic heterocycles. The van der Waals surface area contributed by atoms with E-state index in [0.29, 0.717) is 5.95 Å². The second-order valence-corrected chi connectivity index (χ2v) is 6.20. The monoisotopic (exact) mass is 278 g/mol. The van der Waals surface area contributed by atoms with Gasteiger partial charge in [-0.25, -0.2) is 4.98 Å². The third kappa shape index (κ3) is 2.50. The van der Waals surface area contributed by atoms with Gasteiger partial charge in [0, 0.05) is 24.6 Å². The average molecular weight is 278 g/mol. The second kappa shape index (κ2) is 4.94. The van der Waals surface area contributed by atoms with Gasteiger partial charge in [-0.1, -0.05) is 0 Å². The molecule has 1 unspecified atom stereocenters.